The zero-order valence-electron chi connectivity index (χ0n) is 11.0. The highest BCUT2D eigenvalue weighted by molar-refractivity contribution is 6.30. The fourth-order valence-corrected chi connectivity index (χ4v) is 1.97. The number of rotatable bonds is 5. The van der Waals surface area contributed by atoms with Crippen molar-refractivity contribution in [2.24, 2.45) is 0 Å². The third kappa shape index (κ3) is 3.16. The summed E-state index contributed by atoms with van der Waals surface area (Å²) in [6.07, 6.45) is 7.33. The Kier molecular flexibility index (Phi) is 3.78. The Bertz CT molecular complexity index is 733. The molecule has 0 radical (unpaired) electrons. The van der Waals surface area contributed by atoms with E-state index < -0.39 is 0 Å². The fourth-order valence-electron chi connectivity index (χ4n) is 1.81. The highest BCUT2D eigenvalue weighted by atomic mass is 35.5. The summed E-state index contributed by atoms with van der Waals surface area (Å²) < 4.78 is 3.18. The molecule has 0 aliphatic heterocycles. The molecule has 21 heavy (non-hydrogen) atoms. The number of halogens is 1. The largest absolute Gasteiger partial charge is 0.349 e. The molecule has 1 N–H and O–H groups in total. The van der Waals surface area contributed by atoms with Crippen molar-refractivity contribution >= 4 is 23.3 Å². The van der Waals surface area contributed by atoms with Gasteiger partial charge in [-0.25, -0.2) is 9.50 Å². The summed E-state index contributed by atoms with van der Waals surface area (Å²) >= 11 is 5.76. The summed E-state index contributed by atoms with van der Waals surface area (Å²) in [6.45, 7) is 1.17. The van der Waals surface area contributed by atoms with Gasteiger partial charge in [0.05, 0.1) is 11.2 Å². The normalized spacial score (nSPS) is 10.9. The first kappa shape index (κ1) is 13.5. The van der Waals surface area contributed by atoms with Gasteiger partial charge in [0.25, 0.3) is 11.7 Å². The Morgan fingerprint density at radius 2 is 2.33 bits per heavy atom. The minimum absolute atomic E-state index is 0.107. The zero-order valence-corrected chi connectivity index (χ0v) is 11.7. The van der Waals surface area contributed by atoms with E-state index in [1.165, 1.54) is 4.52 Å². The van der Waals surface area contributed by atoms with Crippen molar-refractivity contribution < 1.29 is 4.79 Å². The summed E-state index contributed by atoms with van der Waals surface area (Å²) in [5, 5.41) is 11.5. The minimum atomic E-state index is -0.320. The summed E-state index contributed by atoms with van der Waals surface area (Å²) in [5.41, 5.74) is 0. The van der Waals surface area contributed by atoms with Crippen LogP contribution in [0.15, 0.2) is 30.9 Å². The van der Waals surface area contributed by atoms with Crippen LogP contribution in [0, 0.1) is 0 Å². The summed E-state index contributed by atoms with van der Waals surface area (Å²) in [4.78, 5) is 20.0. The summed E-state index contributed by atoms with van der Waals surface area (Å²) in [6, 6.07) is 1.72. The van der Waals surface area contributed by atoms with Crippen LogP contribution in [-0.4, -0.2) is 41.8 Å². The molecular weight excluding hydrogens is 294 g/mol. The topological polar surface area (TPSA) is 90.0 Å². The molecule has 0 saturated heterocycles. The average Bonchev–Trinajstić information content (AvgIpc) is 3.09. The van der Waals surface area contributed by atoms with Gasteiger partial charge in [-0.1, -0.05) is 11.6 Å². The molecule has 3 aromatic rings. The fraction of sp³-hybridized carbons (Fsp3) is 0.250. The van der Waals surface area contributed by atoms with E-state index in [4.69, 9.17) is 11.6 Å². The number of hydrogen-bond donors (Lipinski definition) is 1. The van der Waals surface area contributed by atoms with Gasteiger partial charge in [-0.2, -0.15) is 10.1 Å². The van der Waals surface area contributed by atoms with Gasteiger partial charge in [0.15, 0.2) is 0 Å². The monoisotopic (exact) mass is 305 g/mol. The second-order valence-corrected chi connectivity index (χ2v) is 4.77. The zero-order chi connectivity index (χ0) is 14.7. The highest BCUT2D eigenvalue weighted by Crippen LogP contribution is 2.04. The van der Waals surface area contributed by atoms with Crippen molar-refractivity contribution in [3.63, 3.8) is 0 Å². The lowest BCUT2D eigenvalue weighted by Gasteiger charge is -2.02. The lowest BCUT2D eigenvalue weighted by molar-refractivity contribution is 0.0942. The van der Waals surface area contributed by atoms with Gasteiger partial charge in [-0.15, -0.1) is 5.10 Å². The van der Waals surface area contributed by atoms with Gasteiger partial charge in [0.1, 0.15) is 0 Å². The van der Waals surface area contributed by atoms with Crippen molar-refractivity contribution in [1.29, 1.82) is 0 Å². The Hall–Kier alpha value is -2.48. The van der Waals surface area contributed by atoms with Crippen LogP contribution in [-0.2, 0) is 6.54 Å². The molecule has 0 aliphatic carbocycles. The van der Waals surface area contributed by atoms with E-state index in [-0.39, 0.29) is 11.7 Å². The first-order valence-corrected chi connectivity index (χ1v) is 6.74. The number of nitrogens with one attached hydrogen (secondary N) is 1. The number of nitrogens with zero attached hydrogens (tertiary/aromatic N) is 6. The van der Waals surface area contributed by atoms with Crippen LogP contribution in [0.4, 0.5) is 0 Å². The molecule has 1 amide bonds. The van der Waals surface area contributed by atoms with E-state index in [2.05, 4.69) is 25.5 Å². The van der Waals surface area contributed by atoms with Crippen LogP contribution in [0.1, 0.15) is 17.0 Å². The Balaban J connectivity index is 1.52. The Morgan fingerprint density at radius 3 is 3.10 bits per heavy atom. The van der Waals surface area contributed by atoms with Crippen LogP contribution in [0.5, 0.6) is 0 Å². The lowest BCUT2D eigenvalue weighted by atomic mass is 10.4. The molecule has 0 atom stereocenters. The van der Waals surface area contributed by atoms with E-state index in [0.29, 0.717) is 23.9 Å². The van der Waals surface area contributed by atoms with Crippen molar-refractivity contribution in [1.82, 2.24) is 34.7 Å². The van der Waals surface area contributed by atoms with Crippen LogP contribution in [0.25, 0.3) is 5.78 Å². The van der Waals surface area contributed by atoms with Gasteiger partial charge >= 0.3 is 0 Å². The maximum Gasteiger partial charge on any atom is 0.291 e. The average molecular weight is 306 g/mol. The maximum atomic E-state index is 11.9. The first-order chi connectivity index (χ1) is 10.2. The number of hydrogen-bond acceptors (Lipinski definition) is 5. The van der Waals surface area contributed by atoms with E-state index in [0.717, 1.165) is 6.42 Å². The molecule has 0 bridgehead atoms. The number of amides is 1. The van der Waals surface area contributed by atoms with Crippen LogP contribution < -0.4 is 5.32 Å². The molecule has 0 spiro atoms. The van der Waals surface area contributed by atoms with Crippen LogP contribution in [0.3, 0.4) is 0 Å². The van der Waals surface area contributed by atoms with Gasteiger partial charge in [-0.05, 0) is 12.5 Å². The standard InChI is InChI=1S/C12H12ClN7O/c13-9-7-16-19(8-9)5-1-3-14-11(21)10-17-12-15-4-2-6-20(12)18-10/h2,4,6-8H,1,3,5H2,(H,14,21). The third-order valence-electron chi connectivity index (χ3n) is 2.77. The highest BCUT2D eigenvalue weighted by Gasteiger charge is 2.12. The predicted molar refractivity (Wildman–Crippen MR) is 75.0 cm³/mol. The van der Waals surface area contributed by atoms with E-state index in [9.17, 15) is 4.79 Å². The van der Waals surface area contributed by atoms with Crippen LogP contribution in [0.2, 0.25) is 5.02 Å². The molecular formula is C12H12ClN7O. The van der Waals surface area contributed by atoms with Crippen molar-refractivity contribution in [3.8, 4) is 0 Å². The van der Waals surface area contributed by atoms with Crippen molar-refractivity contribution in [3.05, 3.63) is 41.7 Å². The van der Waals surface area contributed by atoms with Crippen LogP contribution >= 0.6 is 11.6 Å². The molecule has 0 aromatic carbocycles. The van der Waals surface area contributed by atoms with E-state index in [1.54, 1.807) is 35.5 Å². The first-order valence-electron chi connectivity index (χ1n) is 6.36. The second-order valence-electron chi connectivity index (χ2n) is 4.33. The number of carbonyl (C=O) groups is 1. The summed E-state index contributed by atoms with van der Waals surface area (Å²) in [5.74, 6) is 0.184. The smallest absolute Gasteiger partial charge is 0.291 e. The molecule has 0 saturated carbocycles. The second kappa shape index (κ2) is 5.88. The number of carbonyl (C=O) groups excluding carboxylic acids is 1. The molecule has 0 aliphatic rings. The maximum absolute atomic E-state index is 11.9. The lowest BCUT2D eigenvalue weighted by Crippen LogP contribution is -2.26. The molecule has 0 fully saturated rings. The molecule has 3 heterocycles. The number of aromatic nitrogens is 6. The summed E-state index contributed by atoms with van der Waals surface area (Å²) in [7, 11) is 0. The molecule has 9 heteroatoms. The molecule has 3 aromatic heterocycles. The Labute approximate surface area is 124 Å². The molecule has 0 unspecified atom stereocenters. The minimum Gasteiger partial charge on any atom is -0.349 e. The van der Waals surface area contributed by atoms with E-state index >= 15 is 0 Å². The number of fused-ring (bicyclic) bond motifs is 1. The van der Waals surface area contributed by atoms with Crippen molar-refractivity contribution in [2.45, 2.75) is 13.0 Å². The van der Waals surface area contributed by atoms with Gasteiger partial charge < -0.3 is 5.32 Å². The molecule has 108 valence electrons. The van der Waals surface area contributed by atoms with Crippen molar-refractivity contribution in [2.75, 3.05) is 6.54 Å². The number of aryl methyl sites for hydroxylation is 1. The quantitative estimate of drug-likeness (QED) is 0.704. The third-order valence-corrected chi connectivity index (χ3v) is 2.97. The molecule has 8 nitrogen and oxygen atoms in total. The molecule has 3 rings (SSSR count). The van der Waals surface area contributed by atoms with Gasteiger partial charge in [0.2, 0.25) is 5.82 Å². The van der Waals surface area contributed by atoms with Gasteiger partial charge in [0, 0.05) is 31.7 Å². The van der Waals surface area contributed by atoms with E-state index in [1.807, 2.05) is 0 Å². The predicted octanol–water partition coefficient (Wildman–Crippen LogP) is 0.794. The Morgan fingerprint density at radius 1 is 1.43 bits per heavy atom. The SMILES string of the molecule is O=C(NCCCn1cc(Cl)cn1)c1nc2ncccn2n1. The van der Waals surface area contributed by atoms with Gasteiger partial charge in [-0.3, -0.25) is 9.48 Å².